The van der Waals surface area contributed by atoms with Crippen molar-refractivity contribution < 1.29 is 13.2 Å². The van der Waals surface area contributed by atoms with Crippen molar-refractivity contribution in [3.63, 3.8) is 0 Å². The summed E-state index contributed by atoms with van der Waals surface area (Å²) in [5.74, 6) is 0.0329. The van der Waals surface area contributed by atoms with Crippen molar-refractivity contribution in [2.24, 2.45) is 5.92 Å². The zero-order chi connectivity index (χ0) is 17.8. The third-order valence-electron chi connectivity index (χ3n) is 5.01. The van der Waals surface area contributed by atoms with Gasteiger partial charge in [0.2, 0.25) is 0 Å². The van der Waals surface area contributed by atoms with Crippen LogP contribution in [0.25, 0.3) is 0 Å². The standard InChI is InChI=1S/C19H14Cl2F3N/c20-15-6-2-5-13(17(15)21)18-12-4-1-3-11(12)14-9-10(19(22,23)24)7-8-16(14)25-18/h1-3,5-9,11-12,18,25H,4H2/t11-,12-,18+/m1/s1. The van der Waals surface area contributed by atoms with Gasteiger partial charge in [0.1, 0.15) is 0 Å². The van der Waals surface area contributed by atoms with Crippen molar-refractivity contribution in [2.45, 2.75) is 24.6 Å². The Kier molecular flexibility index (Phi) is 4.00. The van der Waals surface area contributed by atoms with Crippen LogP contribution in [0.1, 0.15) is 35.1 Å². The van der Waals surface area contributed by atoms with Crippen LogP contribution >= 0.6 is 23.2 Å². The fraction of sp³-hybridized carbons (Fsp3) is 0.263. The average Bonchev–Trinajstić information content (AvgIpc) is 3.05. The number of benzene rings is 2. The van der Waals surface area contributed by atoms with Crippen LogP contribution in [0.4, 0.5) is 18.9 Å². The Morgan fingerprint density at radius 1 is 1.04 bits per heavy atom. The number of rotatable bonds is 1. The molecule has 1 N–H and O–H groups in total. The van der Waals surface area contributed by atoms with E-state index in [9.17, 15) is 13.2 Å². The Bertz CT molecular complexity index is 860. The van der Waals surface area contributed by atoms with Gasteiger partial charge >= 0.3 is 6.18 Å². The van der Waals surface area contributed by atoms with Crippen molar-refractivity contribution in [3.8, 4) is 0 Å². The molecule has 3 atom stereocenters. The van der Waals surface area contributed by atoms with Crippen LogP contribution in [0.5, 0.6) is 0 Å². The second kappa shape index (κ2) is 5.96. The number of alkyl halides is 3. The highest BCUT2D eigenvalue weighted by Crippen LogP contribution is 2.52. The first-order chi connectivity index (χ1) is 11.9. The van der Waals surface area contributed by atoms with E-state index in [0.29, 0.717) is 21.3 Å². The van der Waals surface area contributed by atoms with Crippen molar-refractivity contribution >= 4 is 28.9 Å². The second-order valence-corrected chi connectivity index (χ2v) is 7.20. The smallest absolute Gasteiger partial charge is 0.378 e. The van der Waals surface area contributed by atoms with Crippen molar-refractivity contribution in [2.75, 3.05) is 5.32 Å². The maximum atomic E-state index is 13.1. The summed E-state index contributed by atoms with van der Waals surface area (Å²) in [5.41, 5.74) is 1.65. The Morgan fingerprint density at radius 2 is 1.84 bits per heavy atom. The number of hydrogen-bond donors (Lipinski definition) is 1. The molecule has 0 unspecified atom stereocenters. The summed E-state index contributed by atoms with van der Waals surface area (Å²) in [4.78, 5) is 0. The molecular formula is C19H14Cl2F3N. The van der Waals surface area contributed by atoms with Gasteiger partial charge in [-0.25, -0.2) is 0 Å². The number of anilines is 1. The van der Waals surface area contributed by atoms with Crippen LogP contribution in [-0.4, -0.2) is 0 Å². The van der Waals surface area contributed by atoms with Crippen molar-refractivity contribution in [3.05, 3.63) is 75.3 Å². The molecule has 25 heavy (non-hydrogen) atoms. The van der Waals surface area contributed by atoms with Gasteiger partial charge in [0, 0.05) is 11.6 Å². The number of nitrogens with one attached hydrogen (secondary N) is 1. The van der Waals surface area contributed by atoms with Crippen LogP contribution < -0.4 is 5.32 Å². The number of allylic oxidation sites excluding steroid dienone is 2. The van der Waals surface area contributed by atoms with Crippen LogP contribution in [-0.2, 0) is 6.18 Å². The number of halogens is 5. The molecule has 4 rings (SSSR count). The van der Waals surface area contributed by atoms with E-state index in [0.717, 1.165) is 18.1 Å². The Hall–Kier alpha value is -1.65. The topological polar surface area (TPSA) is 12.0 Å². The van der Waals surface area contributed by atoms with Crippen molar-refractivity contribution in [1.82, 2.24) is 0 Å². The highest BCUT2D eigenvalue weighted by molar-refractivity contribution is 6.42. The molecule has 0 spiro atoms. The van der Waals surface area contributed by atoms with E-state index in [1.807, 2.05) is 24.3 Å². The zero-order valence-electron chi connectivity index (χ0n) is 12.9. The maximum Gasteiger partial charge on any atom is 0.416 e. The quantitative estimate of drug-likeness (QED) is 0.531. The third kappa shape index (κ3) is 2.81. The lowest BCUT2D eigenvalue weighted by Crippen LogP contribution is -2.29. The van der Waals surface area contributed by atoms with Gasteiger partial charge in [-0.15, -0.1) is 0 Å². The van der Waals surface area contributed by atoms with Gasteiger partial charge in [0.25, 0.3) is 0 Å². The molecule has 1 aliphatic heterocycles. The van der Waals surface area contributed by atoms with Crippen LogP contribution in [0.15, 0.2) is 48.6 Å². The Labute approximate surface area is 153 Å². The lowest BCUT2D eigenvalue weighted by molar-refractivity contribution is -0.137. The number of fused-ring (bicyclic) bond motifs is 3. The first-order valence-corrected chi connectivity index (χ1v) is 8.70. The molecule has 0 radical (unpaired) electrons. The number of hydrogen-bond acceptors (Lipinski definition) is 1. The summed E-state index contributed by atoms with van der Waals surface area (Å²) in [6.45, 7) is 0. The maximum absolute atomic E-state index is 13.1. The Balaban J connectivity index is 1.80. The molecule has 1 aliphatic carbocycles. The van der Waals surface area contributed by atoms with Gasteiger partial charge in [-0.3, -0.25) is 0 Å². The fourth-order valence-electron chi connectivity index (χ4n) is 3.84. The van der Waals surface area contributed by atoms with Crippen LogP contribution in [0, 0.1) is 5.92 Å². The second-order valence-electron chi connectivity index (χ2n) is 6.42. The summed E-state index contributed by atoms with van der Waals surface area (Å²) in [5, 5.41) is 4.34. The summed E-state index contributed by atoms with van der Waals surface area (Å²) >= 11 is 12.5. The van der Waals surface area contributed by atoms with E-state index in [1.54, 1.807) is 6.07 Å². The summed E-state index contributed by atoms with van der Waals surface area (Å²) < 4.78 is 39.2. The highest BCUT2D eigenvalue weighted by Gasteiger charge is 2.40. The molecule has 0 aromatic heterocycles. The van der Waals surface area contributed by atoms with Crippen LogP contribution in [0.2, 0.25) is 10.0 Å². The first kappa shape index (κ1) is 16.8. The SMILES string of the molecule is FC(F)(F)c1ccc2c(c1)[C@@H]1C=CC[C@H]1[C@@H](c1cccc(Cl)c1Cl)N2. The zero-order valence-corrected chi connectivity index (χ0v) is 14.5. The Morgan fingerprint density at radius 3 is 2.60 bits per heavy atom. The lowest BCUT2D eigenvalue weighted by Gasteiger charge is -2.38. The molecule has 2 aromatic carbocycles. The monoisotopic (exact) mass is 383 g/mol. The van der Waals surface area contributed by atoms with Gasteiger partial charge in [-0.2, -0.15) is 13.2 Å². The van der Waals surface area contributed by atoms with E-state index >= 15 is 0 Å². The summed E-state index contributed by atoms with van der Waals surface area (Å²) in [7, 11) is 0. The first-order valence-electron chi connectivity index (χ1n) is 7.94. The molecule has 1 heterocycles. The molecule has 0 saturated heterocycles. The molecule has 0 saturated carbocycles. The van der Waals surface area contributed by atoms with Crippen molar-refractivity contribution in [1.29, 1.82) is 0 Å². The minimum atomic E-state index is -4.35. The van der Waals surface area contributed by atoms with E-state index < -0.39 is 11.7 Å². The summed E-state index contributed by atoms with van der Waals surface area (Å²) in [6.07, 6.45) is 0.453. The molecule has 0 fully saturated rings. The van der Waals surface area contributed by atoms with E-state index in [4.69, 9.17) is 23.2 Å². The molecule has 6 heteroatoms. The highest BCUT2D eigenvalue weighted by atomic mass is 35.5. The predicted molar refractivity (Wildman–Crippen MR) is 94.3 cm³/mol. The van der Waals surface area contributed by atoms with Gasteiger partial charge in [0.15, 0.2) is 0 Å². The molecular weight excluding hydrogens is 370 g/mol. The lowest BCUT2D eigenvalue weighted by atomic mass is 9.76. The van der Waals surface area contributed by atoms with E-state index in [-0.39, 0.29) is 17.9 Å². The fourth-order valence-corrected chi connectivity index (χ4v) is 4.26. The van der Waals surface area contributed by atoms with Gasteiger partial charge in [-0.1, -0.05) is 47.5 Å². The summed E-state index contributed by atoms with van der Waals surface area (Å²) in [6, 6.07) is 9.25. The van der Waals surface area contributed by atoms with Gasteiger partial charge in [0.05, 0.1) is 21.7 Å². The molecule has 0 bridgehead atoms. The van der Waals surface area contributed by atoms with Gasteiger partial charge < -0.3 is 5.32 Å². The minimum Gasteiger partial charge on any atom is -0.378 e. The molecule has 2 aromatic rings. The molecule has 0 amide bonds. The third-order valence-corrected chi connectivity index (χ3v) is 5.84. The molecule has 2 aliphatic rings. The normalized spacial score (nSPS) is 24.6. The average molecular weight is 384 g/mol. The van der Waals surface area contributed by atoms with E-state index in [2.05, 4.69) is 5.32 Å². The predicted octanol–water partition coefficient (Wildman–Crippen LogP) is 6.84. The van der Waals surface area contributed by atoms with Crippen LogP contribution in [0.3, 0.4) is 0 Å². The largest absolute Gasteiger partial charge is 0.416 e. The van der Waals surface area contributed by atoms with E-state index in [1.165, 1.54) is 12.1 Å². The molecule has 1 nitrogen and oxygen atoms in total. The molecule has 130 valence electrons. The van der Waals surface area contributed by atoms with Gasteiger partial charge in [-0.05, 0) is 47.7 Å². The minimum absolute atomic E-state index is 0.0707.